The minimum atomic E-state index is -3.81. The molecule has 0 radical (unpaired) electrons. The van der Waals surface area contributed by atoms with Gasteiger partial charge in [-0.15, -0.1) is 0 Å². The molecule has 0 saturated heterocycles. The van der Waals surface area contributed by atoms with Gasteiger partial charge in [-0.05, 0) is 0 Å². The van der Waals surface area contributed by atoms with Crippen LogP contribution in [0.2, 0.25) is 0 Å². The van der Waals surface area contributed by atoms with Crippen LogP contribution in [0.15, 0.2) is 0 Å². The van der Waals surface area contributed by atoms with Crippen molar-refractivity contribution < 1.29 is 17.6 Å². The third-order valence-electron chi connectivity index (χ3n) is 7.11. The van der Waals surface area contributed by atoms with Crippen molar-refractivity contribution in [3.8, 4) is 0 Å². The summed E-state index contributed by atoms with van der Waals surface area (Å²) in [5, 5.41) is 0. The molecule has 0 atom stereocenters. The fourth-order valence-corrected chi connectivity index (χ4v) is 10.5. The molecule has 0 spiro atoms. The molecule has 0 unspecified atom stereocenters. The summed E-state index contributed by atoms with van der Waals surface area (Å²) in [7, 11) is -2.43. The topological polar surface area (TPSA) is 0 Å². The summed E-state index contributed by atoms with van der Waals surface area (Å²) < 4.78 is 55.1. The summed E-state index contributed by atoms with van der Waals surface area (Å²) in [5.74, 6) is -3.81. The van der Waals surface area contributed by atoms with Gasteiger partial charge >= 0.3 is 198 Å². The second-order valence-corrected chi connectivity index (χ2v) is 15.1. The van der Waals surface area contributed by atoms with Crippen LogP contribution in [0.4, 0.5) is 17.6 Å². The first-order chi connectivity index (χ1) is 15.3. The minimum absolute atomic E-state index is 0.490. The fourth-order valence-electron chi connectivity index (χ4n) is 5.06. The van der Waals surface area contributed by atoms with Crippen molar-refractivity contribution in [3.05, 3.63) is 0 Å². The Bertz CT molecular complexity index is 360. The second-order valence-electron chi connectivity index (χ2n) is 10.3. The van der Waals surface area contributed by atoms with Gasteiger partial charge in [-0.2, -0.15) is 0 Å². The van der Waals surface area contributed by atoms with E-state index in [0.717, 1.165) is 76.3 Å². The van der Waals surface area contributed by atoms with Gasteiger partial charge in [-0.1, -0.05) is 0 Å². The Morgan fingerprint density at radius 3 is 1.06 bits per heavy atom. The average molecular weight is 487 g/mol. The summed E-state index contributed by atoms with van der Waals surface area (Å²) in [5.41, 5.74) is 0. The summed E-state index contributed by atoms with van der Waals surface area (Å²) in [6.07, 6.45) is 18.9. The average Bonchev–Trinajstić information content (AvgIpc) is 2.75. The summed E-state index contributed by atoms with van der Waals surface area (Å²) in [6.45, 7) is 6.56. The predicted octanol–water partition coefficient (Wildman–Crippen LogP) is 10.7. The van der Waals surface area contributed by atoms with Crippen molar-refractivity contribution in [3.63, 3.8) is 0 Å². The van der Waals surface area contributed by atoms with Crippen LogP contribution in [0.25, 0.3) is 0 Å². The molecule has 0 aliphatic heterocycles. The van der Waals surface area contributed by atoms with Crippen molar-refractivity contribution >= 4 is 7.26 Å². The van der Waals surface area contributed by atoms with Crippen LogP contribution in [0.1, 0.15) is 136 Å². The van der Waals surface area contributed by atoms with Crippen LogP contribution in [0.3, 0.4) is 0 Å². The van der Waals surface area contributed by atoms with Crippen molar-refractivity contribution in [2.24, 2.45) is 0 Å². The van der Waals surface area contributed by atoms with E-state index in [4.69, 9.17) is 0 Å². The first-order valence-corrected chi connectivity index (χ1v) is 16.8. The SMILES string of the molecule is CCCCCCCC[PH](CCCCCCCC)(CCCCCCCC)CC(F)(F)C(F)F. The van der Waals surface area contributed by atoms with Crippen molar-refractivity contribution in [2.75, 3.05) is 24.6 Å². The molecule has 5 heteroatoms. The van der Waals surface area contributed by atoms with E-state index in [-0.39, 0.29) is 0 Å². The Labute approximate surface area is 198 Å². The number of halogens is 4. The quantitative estimate of drug-likeness (QED) is 0.0723. The molecule has 0 bridgehead atoms. The van der Waals surface area contributed by atoms with Gasteiger partial charge in [0.1, 0.15) is 0 Å². The molecule has 0 aliphatic rings. The van der Waals surface area contributed by atoms with Gasteiger partial charge in [0, 0.05) is 0 Å². The molecule has 32 heavy (non-hydrogen) atoms. The molecule has 0 aliphatic carbocycles. The molecular formula is C27H55F4P. The van der Waals surface area contributed by atoms with Crippen LogP contribution >= 0.6 is 7.26 Å². The van der Waals surface area contributed by atoms with Crippen LogP contribution in [0, 0.1) is 0 Å². The maximum atomic E-state index is 14.4. The van der Waals surface area contributed by atoms with Crippen molar-refractivity contribution in [1.29, 1.82) is 0 Å². The number of rotatable bonds is 24. The number of unbranched alkanes of at least 4 members (excludes halogenated alkanes) is 15. The van der Waals surface area contributed by atoms with E-state index in [1.54, 1.807) is 0 Å². The first-order valence-electron chi connectivity index (χ1n) is 14.0. The van der Waals surface area contributed by atoms with E-state index >= 15 is 0 Å². The Balaban J connectivity index is 5.04. The zero-order valence-electron chi connectivity index (χ0n) is 21.6. The van der Waals surface area contributed by atoms with Gasteiger partial charge < -0.3 is 0 Å². The molecule has 0 heterocycles. The maximum absolute atomic E-state index is 14.4. The van der Waals surface area contributed by atoms with Gasteiger partial charge in [0.15, 0.2) is 0 Å². The Morgan fingerprint density at radius 1 is 0.500 bits per heavy atom. The van der Waals surface area contributed by atoms with E-state index in [1.165, 1.54) is 57.8 Å². The van der Waals surface area contributed by atoms with Crippen LogP contribution in [-0.2, 0) is 0 Å². The monoisotopic (exact) mass is 486 g/mol. The molecule has 0 saturated carbocycles. The molecule has 0 N–H and O–H groups in total. The second kappa shape index (κ2) is 20.5. The number of hydrogen-bond acceptors (Lipinski definition) is 0. The molecule has 0 rings (SSSR count). The van der Waals surface area contributed by atoms with Crippen LogP contribution in [-0.4, -0.2) is 37.0 Å². The molecular weight excluding hydrogens is 431 g/mol. The van der Waals surface area contributed by atoms with E-state index in [9.17, 15) is 17.6 Å². The Hall–Kier alpha value is 0.150. The predicted molar refractivity (Wildman–Crippen MR) is 139 cm³/mol. The third-order valence-corrected chi connectivity index (χ3v) is 12.6. The standard InChI is InChI=1S/C27H55F4P/c1-4-7-10-13-16-19-22-32(25-27(30,31)26(28)29,23-20-17-14-11-8-5-2)24-21-18-15-12-9-6-3/h26,32H,4-25H2,1-3H3. The van der Waals surface area contributed by atoms with Crippen molar-refractivity contribution in [1.82, 2.24) is 0 Å². The molecule has 0 aromatic rings. The van der Waals surface area contributed by atoms with Gasteiger partial charge in [0.05, 0.1) is 0 Å². The normalized spacial score (nSPS) is 13.2. The molecule has 0 aromatic carbocycles. The molecule has 0 amide bonds. The van der Waals surface area contributed by atoms with E-state index in [0.29, 0.717) is 0 Å². The molecule has 196 valence electrons. The van der Waals surface area contributed by atoms with Gasteiger partial charge in [0.25, 0.3) is 0 Å². The Morgan fingerprint density at radius 2 is 0.781 bits per heavy atom. The van der Waals surface area contributed by atoms with Crippen LogP contribution < -0.4 is 0 Å². The zero-order valence-corrected chi connectivity index (χ0v) is 22.6. The van der Waals surface area contributed by atoms with Gasteiger partial charge in [0.2, 0.25) is 0 Å². The summed E-state index contributed by atoms with van der Waals surface area (Å²) in [6, 6.07) is 0. The van der Waals surface area contributed by atoms with E-state index in [1.807, 2.05) is 0 Å². The molecule has 0 aromatic heterocycles. The third kappa shape index (κ3) is 16.7. The molecule has 0 fully saturated rings. The summed E-state index contributed by atoms with van der Waals surface area (Å²) in [4.78, 5) is 0. The molecule has 0 nitrogen and oxygen atoms in total. The van der Waals surface area contributed by atoms with Crippen LogP contribution in [0.5, 0.6) is 0 Å². The first kappa shape index (κ1) is 32.1. The summed E-state index contributed by atoms with van der Waals surface area (Å²) >= 11 is 0. The zero-order chi connectivity index (χ0) is 24.1. The number of hydrogen-bond donors (Lipinski definition) is 0. The van der Waals surface area contributed by atoms with E-state index in [2.05, 4.69) is 20.8 Å². The van der Waals surface area contributed by atoms with Gasteiger partial charge in [-0.3, -0.25) is 0 Å². The van der Waals surface area contributed by atoms with E-state index < -0.39 is 25.8 Å². The Kier molecular flexibility index (Phi) is 20.6. The fraction of sp³-hybridized carbons (Fsp3) is 1.00. The van der Waals surface area contributed by atoms with Gasteiger partial charge in [-0.25, -0.2) is 0 Å². The van der Waals surface area contributed by atoms with Crippen molar-refractivity contribution in [2.45, 2.75) is 149 Å². The number of alkyl halides is 4.